The van der Waals surface area contributed by atoms with E-state index in [0.717, 1.165) is 5.56 Å². The number of carbonyl (C=O) groups excluding carboxylic acids is 1. The molecule has 0 spiro atoms. The zero-order valence-electron chi connectivity index (χ0n) is 13.2. The molecule has 1 amide bonds. The summed E-state index contributed by atoms with van der Waals surface area (Å²) in [4.78, 5) is 16.1. The lowest BCUT2D eigenvalue weighted by molar-refractivity contribution is -0.121. The highest BCUT2D eigenvalue weighted by molar-refractivity contribution is 7.99. The first-order chi connectivity index (χ1) is 11.1. The second kappa shape index (κ2) is 8.93. The van der Waals surface area contributed by atoms with Crippen LogP contribution in [0.15, 0.2) is 28.8 Å². The first kappa shape index (κ1) is 17.8. The van der Waals surface area contributed by atoms with Crippen LogP contribution in [-0.4, -0.2) is 34.1 Å². The van der Waals surface area contributed by atoms with Gasteiger partial charge in [-0.05, 0) is 36.9 Å². The Morgan fingerprint density at radius 2 is 2.13 bits per heavy atom. The van der Waals surface area contributed by atoms with Gasteiger partial charge in [0.25, 0.3) is 0 Å². The summed E-state index contributed by atoms with van der Waals surface area (Å²) in [5, 5.41) is 7.96. The van der Waals surface area contributed by atoms with Gasteiger partial charge >= 0.3 is 0 Å². The van der Waals surface area contributed by atoms with E-state index in [0.29, 0.717) is 47.8 Å². The summed E-state index contributed by atoms with van der Waals surface area (Å²) in [6.45, 7) is 2.78. The Balaban J connectivity index is 1.77. The molecule has 2 rings (SSSR count). The third-order valence-corrected chi connectivity index (χ3v) is 4.58. The minimum atomic E-state index is 0.0586. The van der Waals surface area contributed by atoms with Gasteiger partial charge in [0.2, 0.25) is 17.6 Å². The first-order valence-electron chi connectivity index (χ1n) is 7.46. The summed E-state index contributed by atoms with van der Waals surface area (Å²) >= 11 is 7.59. The molecule has 1 N–H and O–H groups in total. The summed E-state index contributed by atoms with van der Waals surface area (Å²) in [5.41, 5.74) is 0.855. The Labute approximate surface area is 145 Å². The molecule has 0 aliphatic heterocycles. The minimum absolute atomic E-state index is 0.0586. The van der Waals surface area contributed by atoms with Crippen LogP contribution in [0.2, 0.25) is 5.02 Å². The summed E-state index contributed by atoms with van der Waals surface area (Å²) in [6, 6.07) is 7.26. The Hall–Kier alpha value is -1.53. The van der Waals surface area contributed by atoms with Gasteiger partial charge in [-0.3, -0.25) is 4.79 Å². The second-order valence-corrected chi connectivity index (χ2v) is 6.94. The van der Waals surface area contributed by atoms with E-state index in [1.54, 1.807) is 23.9 Å². The first-order valence-corrected chi connectivity index (χ1v) is 9.13. The molecule has 0 saturated heterocycles. The summed E-state index contributed by atoms with van der Waals surface area (Å²) in [7, 11) is 0. The molecule has 1 aromatic carbocycles. The van der Waals surface area contributed by atoms with Gasteiger partial charge in [-0.25, -0.2) is 0 Å². The van der Waals surface area contributed by atoms with Crippen molar-refractivity contribution in [2.45, 2.75) is 31.4 Å². The molecule has 0 saturated carbocycles. The SMILES string of the molecule is CS[C@@H](C)CNC(=O)CCCc1nc(-c2ccc(Cl)cc2)no1. The lowest BCUT2D eigenvalue weighted by Gasteiger charge is -2.09. The maximum Gasteiger partial charge on any atom is 0.226 e. The van der Waals surface area contributed by atoms with Crippen LogP contribution in [0.3, 0.4) is 0 Å². The molecule has 7 heteroatoms. The van der Waals surface area contributed by atoms with Gasteiger partial charge in [-0.15, -0.1) is 0 Å². The van der Waals surface area contributed by atoms with Crippen LogP contribution in [0.5, 0.6) is 0 Å². The number of amides is 1. The Morgan fingerprint density at radius 1 is 1.39 bits per heavy atom. The van der Waals surface area contributed by atoms with Crippen molar-refractivity contribution in [1.29, 1.82) is 0 Å². The van der Waals surface area contributed by atoms with Crippen molar-refractivity contribution >= 4 is 29.3 Å². The van der Waals surface area contributed by atoms with Crippen molar-refractivity contribution in [3.05, 3.63) is 35.2 Å². The van der Waals surface area contributed by atoms with Crippen LogP contribution >= 0.6 is 23.4 Å². The molecule has 2 aromatic rings. The largest absolute Gasteiger partial charge is 0.355 e. The zero-order valence-corrected chi connectivity index (χ0v) is 14.8. The fourth-order valence-corrected chi connectivity index (χ4v) is 2.28. The van der Waals surface area contributed by atoms with Gasteiger partial charge in [0.1, 0.15) is 0 Å². The summed E-state index contributed by atoms with van der Waals surface area (Å²) in [5.74, 6) is 1.14. The molecule has 5 nitrogen and oxygen atoms in total. The molecule has 0 radical (unpaired) electrons. The van der Waals surface area contributed by atoms with E-state index < -0.39 is 0 Å². The van der Waals surface area contributed by atoms with Crippen molar-refractivity contribution in [2.24, 2.45) is 0 Å². The molecule has 0 unspecified atom stereocenters. The molecule has 124 valence electrons. The average molecular weight is 354 g/mol. The Kier molecular flexibility index (Phi) is 6.92. The normalized spacial score (nSPS) is 12.1. The number of carbonyl (C=O) groups is 1. The number of benzene rings is 1. The third-order valence-electron chi connectivity index (χ3n) is 3.35. The van der Waals surface area contributed by atoms with E-state index in [2.05, 4.69) is 22.4 Å². The Bertz CT molecular complexity index is 631. The van der Waals surface area contributed by atoms with Gasteiger partial charge in [0.15, 0.2) is 0 Å². The van der Waals surface area contributed by atoms with Crippen LogP contribution in [0.1, 0.15) is 25.7 Å². The van der Waals surface area contributed by atoms with Gasteiger partial charge in [-0.1, -0.05) is 23.7 Å². The predicted molar refractivity (Wildman–Crippen MR) is 93.7 cm³/mol. The van der Waals surface area contributed by atoms with E-state index in [-0.39, 0.29) is 5.91 Å². The van der Waals surface area contributed by atoms with E-state index in [1.807, 2.05) is 18.4 Å². The predicted octanol–water partition coefficient (Wildman–Crippen LogP) is 3.58. The smallest absolute Gasteiger partial charge is 0.226 e. The van der Waals surface area contributed by atoms with Crippen molar-refractivity contribution < 1.29 is 9.32 Å². The summed E-state index contributed by atoms with van der Waals surface area (Å²) < 4.78 is 5.22. The lowest BCUT2D eigenvalue weighted by Crippen LogP contribution is -2.29. The monoisotopic (exact) mass is 353 g/mol. The van der Waals surface area contributed by atoms with Gasteiger partial charge < -0.3 is 9.84 Å². The molecule has 1 atom stereocenters. The highest BCUT2D eigenvalue weighted by Crippen LogP contribution is 2.19. The van der Waals surface area contributed by atoms with Crippen molar-refractivity contribution in [2.75, 3.05) is 12.8 Å². The van der Waals surface area contributed by atoms with Crippen molar-refractivity contribution in [3.8, 4) is 11.4 Å². The molecular weight excluding hydrogens is 334 g/mol. The van der Waals surface area contributed by atoms with Gasteiger partial charge in [-0.2, -0.15) is 16.7 Å². The number of thioether (sulfide) groups is 1. The van der Waals surface area contributed by atoms with Crippen LogP contribution in [0.4, 0.5) is 0 Å². The molecule has 23 heavy (non-hydrogen) atoms. The third kappa shape index (κ3) is 5.88. The highest BCUT2D eigenvalue weighted by atomic mass is 35.5. The number of aryl methyl sites for hydroxylation is 1. The molecule has 0 aliphatic carbocycles. The van der Waals surface area contributed by atoms with Crippen LogP contribution < -0.4 is 5.32 Å². The van der Waals surface area contributed by atoms with Crippen molar-refractivity contribution in [1.82, 2.24) is 15.5 Å². The van der Waals surface area contributed by atoms with Gasteiger partial charge in [0.05, 0.1) is 0 Å². The van der Waals surface area contributed by atoms with Crippen LogP contribution in [0.25, 0.3) is 11.4 Å². The number of nitrogens with zero attached hydrogens (tertiary/aromatic N) is 2. The highest BCUT2D eigenvalue weighted by Gasteiger charge is 2.10. The second-order valence-electron chi connectivity index (χ2n) is 5.22. The molecule has 0 fully saturated rings. The number of aromatic nitrogens is 2. The number of halogens is 1. The van der Waals surface area contributed by atoms with Crippen LogP contribution in [0, 0.1) is 0 Å². The molecule has 0 aliphatic rings. The molecular formula is C16H20ClN3O2S. The van der Waals surface area contributed by atoms with E-state index in [4.69, 9.17) is 16.1 Å². The van der Waals surface area contributed by atoms with E-state index in [1.165, 1.54) is 0 Å². The number of nitrogens with one attached hydrogen (secondary N) is 1. The number of hydrogen-bond donors (Lipinski definition) is 1. The lowest BCUT2D eigenvalue weighted by atomic mass is 10.2. The maximum absolute atomic E-state index is 11.7. The van der Waals surface area contributed by atoms with Crippen molar-refractivity contribution in [3.63, 3.8) is 0 Å². The summed E-state index contributed by atoms with van der Waals surface area (Å²) in [6.07, 6.45) is 3.76. The van der Waals surface area contributed by atoms with Gasteiger partial charge in [0, 0.05) is 35.2 Å². The van der Waals surface area contributed by atoms with E-state index in [9.17, 15) is 4.79 Å². The fraction of sp³-hybridized carbons (Fsp3) is 0.438. The minimum Gasteiger partial charge on any atom is -0.355 e. The average Bonchev–Trinajstić information content (AvgIpc) is 3.02. The fourth-order valence-electron chi connectivity index (χ4n) is 1.90. The number of hydrogen-bond acceptors (Lipinski definition) is 5. The Morgan fingerprint density at radius 3 is 2.83 bits per heavy atom. The number of rotatable bonds is 8. The quantitative estimate of drug-likeness (QED) is 0.785. The topological polar surface area (TPSA) is 68.0 Å². The molecule has 1 aromatic heterocycles. The maximum atomic E-state index is 11.7. The van der Waals surface area contributed by atoms with Crippen LogP contribution in [-0.2, 0) is 11.2 Å². The molecule has 1 heterocycles. The van der Waals surface area contributed by atoms with E-state index >= 15 is 0 Å². The standard InChI is InChI=1S/C16H20ClN3O2S/c1-11(23-2)10-18-14(21)4-3-5-15-19-16(20-22-15)12-6-8-13(17)9-7-12/h6-9,11H,3-5,10H2,1-2H3,(H,18,21)/t11-/m0/s1. The zero-order chi connectivity index (χ0) is 16.7. The molecule has 0 bridgehead atoms.